The first kappa shape index (κ1) is 13.7. The molecule has 0 aliphatic carbocycles. The maximum Gasteiger partial charge on any atom is 0.170 e. The number of ether oxygens (including phenoxy) is 1. The lowest BCUT2D eigenvalue weighted by atomic mass is 10.2. The molecule has 3 rings (SSSR count). The topological polar surface area (TPSA) is 35.0 Å². The summed E-state index contributed by atoms with van der Waals surface area (Å²) in [6.45, 7) is 3.89. The Hall–Kier alpha value is -1.26. The van der Waals surface area contributed by atoms with Gasteiger partial charge in [0.15, 0.2) is 11.9 Å². The number of hydrogen-bond acceptors (Lipinski definition) is 4. The van der Waals surface area contributed by atoms with Gasteiger partial charge >= 0.3 is 0 Å². The van der Waals surface area contributed by atoms with Crippen LogP contribution in [-0.4, -0.2) is 15.7 Å². The highest BCUT2D eigenvalue weighted by atomic mass is 35.5. The van der Waals surface area contributed by atoms with Crippen molar-refractivity contribution in [2.75, 3.05) is 5.75 Å². The molecule has 0 saturated heterocycles. The molecule has 104 valence electrons. The fraction of sp³-hybridized carbons (Fsp3) is 0.333. The first-order chi connectivity index (χ1) is 9.65. The SMILES string of the molecule is Cc1nc(C2CSc3ccccc3O2)ncc1C(C)Cl. The number of halogens is 1. The maximum absolute atomic E-state index is 6.10. The molecule has 0 N–H and O–H groups in total. The van der Waals surface area contributed by atoms with Crippen LogP contribution in [0.5, 0.6) is 5.75 Å². The standard InChI is InChI=1S/C15H15ClN2OS/c1-9(16)11-7-17-15(18-10(11)2)13-8-20-14-6-4-3-5-12(14)19-13/h3-7,9,13H,8H2,1-2H3. The van der Waals surface area contributed by atoms with Gasteiger partial charge in [-0.15, -0.1) is 23.4 Å². The molecule has 0 saturated carbocycles. The van der Waals surface area contributed by atoms with Gasteiger partial charge in [-0.3, -0.25) is 0 Å². The third kappa shape index (κ3) is 2.63. The average molecular weight is 307 g/mol. The second-order valence-electron chi connectivity index (χ2n) is 4.75. The second kappa shape index (κ2) is 5.62. The zero-order chi connectivity index (χ0) is 14.1. The number of fused-ring (bicyclic) bond motifs is 1. The van der Waals surface area contributed by atoms with Gasteiger partial charge in [-0.1, -0.05) is 12.1 Å². The summed E-state index contributed by atoms with van der Waals surface area (Å²) in [6.07, 6.45) is 1.71. The molecule has 1 aliphatic rings. The summed E-state index contributed by atoms with van der Waals surface area (Å²) >= 11 is 7.88. The lowest BCUT2D eigenvalue weighted by Crippen LogP contribution is -2.18. The number of thioether (sulfide) groups is 1. The van der Waals surface area contributed by atoms with E-state index in [1.165, 1.54) is 4.90 Å². The Morgan fingerprint density at radius 3 is 2.95 bits per heavy atom. The third-order valence-corrected chi connectivity index (χ3v) is 4.61. The van der Waals surface area contributed by atoms with Crippen LogP contribution in [0.2, 0.25) is 0 Å². The molecule has 2 unspecified atom stereocenters. The predicted octanol–water partition coefficient (Wildman–Crippen LogP) is 4.31. The van der Waals surface area contributed by atoms with Gasteiger partial charge in [0.1, 0.15) is 5.75 Å². The second-order valence-corrected chi connectivity index (χ2v) is 6.47. The summed E-state index contributed by atoms with van der Waals surface area (Å²) in [4.78, 5) is 10.2. The summed E-state index contributed by atoms with van der Waals surface area (Å²) < 4.78 is 5.99. The first-order valence-electron chi connectivity index (χ1n) is 6.51. The molecule has 2 heterocycles. The van der Waals surface area contributed by atoms with Crippen LogP contribution >= 0.6 is 23.4 Å². The number of rotatable bonds is 2. The summed E-state index contributed by atoms with van der Waals surface area (Å²) in [5.74, 6) is 2.46. The molecule has 0 spiro atoms. The lowest BCUT2D eigenvalue weighted by Gasteiger charge is -2.24. The van der Waals surface area contributed by atoms with Crippen LogP contribution < -0.4 is 4.74 Å². The van der Waals surface area contributed by atoms with E-state index in [9.17, 15) is 0 Å². The Labute approximate surface area is 127 Å². The van der Waals surface area contributed by atoms with Gasteiger partial charge in [0, 0.05) is 28.1 Å². The Kier molecular flexibility index (Phi) is 3.85. The van der Waals surface area contributed by atoms with Crippen molar-refractivity contribution in [3.63, 3.8) is 0 Å². The number of hydrogen-bond donors (Lipinski definition) is 0. The monoisotopic (exact) mass is 306 g/mol. The fourth-order valence-electron chi connectivity index (χ4n) is 2.19. The van der Waals surface area contributed by atoms with E-state index < -0.39 is 0 Å². The van der Waals surface area contributed by atoms with E-state index in [2.05, 4.69) is 16.0 Å². The normalized spacial score (nSPS) is 19.1. The Morgan fingerprint density at radius 1 is 1.40 bits per heavy atom. The Bertz CT molecular complexity index is 633. The molecular weight excluding hydrogens is 292 g/mol. The van der Waals surface area contributed by atoms with Gasteiger partial charge < -0.3 is 4.74 Å². The largest absolute Gasteiger partial charge is 0.480 e. The molecular formula is C15H15ClN2OS. The van der Waals surface area contributed by atoms with E-state index in [0.29, 0.717) is 0 Å². The first-order valence-corrected chi connectivity index (χ1v) is 7.93. The molecule has 2 atom stereocenters. The minimum absolute atomic E-state index is 0.0774. The average Bonchev–Trinajstić information content (AvgIpc) is 2.46. The highest BCUT2D eigenvalue weighted by Gasteiger charge is 2.24. The number of benzene rings is 1. The summed E-state index contributed by atoms with van der Waals surface area (Å²) in [5.41, 5.74) is 1.89. The van der Waals surface area contributed by atoms with Crippen LogP contribution in [0.15, 0.2) is 35.4 Å². The van der Waals surface area contributed by atoms with Crippen LogP contribution in [-0.2, 0) is 0 Å². The number of para-hydroxylation sites is 1. The van der Waals surface area contributed by atoms with Crippen molar-refractivity contribution < 1.29 is 4.74 Å². The Balaban J connectivity index is 1.86. The summed E-state index contributed by atoms with van der Waals surface area (Å²) in [7, 11) is 0. The Morgan fingerprint density at radius 2 is 2.20 bits per heavy atom. The van der Waals surface area contributed by atoms with Gasteiger partial charge in [-0.2, -0.15) is 0 Å². The van der Waals surface area contributed by atoms with Crippen molar-refractivity contribution in [3.05, 3.63) is 47.5 Å². The number of nitrogens with zero attached hydrogens (tertiary/aromatic N) is 2. The van der Waals surface area contributed by atoms with Crippen LogP contribution in [0, 0.1) is 6.92 Å². The van der Waals surface area contributed by atoms with Gasteiger partial charge in [-0.25, -0.2) is 9.97 Å². The highest BCUT2D eigenvalue weighted by molar-refractivity contribution is 7.99. The van der Waals surface area contributed by atoms with Crippen molar-refractivity contribution in [3.8, 4) is 5.75 Å². The van der Waals surface area contributed by atoms with Crippen LogP contribution in [0.4, 0.5) is 0 Å². The summed E-state index contributed by atoms with van der Waals surface area (Å²) in [6, 6.07) is 8.05. The smallest absolute Gasteiger partial charge is 0.170 e. The van der Waals surface area contributed by atoms with E-state index in [1.54, 1.807) is 11.8 Å². The predicted molar refractivity (Wildman–Crippen MR) is 81.6 cm³/mol. The van der Waals surface area contributed by atoms with E-state index in [0.717, 1.165) is 28.6 Å². The molecule has 0 bridgehead atoms. The van der Waals surface area contributed by atoms with Gasteiger partial charge in [0.25, 0.3) is 0 Å². The number of aromatic nitrogens is 2. The van der Waals surface area contributed by atoms with Crippen LogP contribution in [0.3, 0.4) is 0 Å². The summed E-state index contributed by atoms with van der Waals surface area (Å²) in [5, 5.41) is -0.0774. The van der Waals surface area contributed by atoms with Crippen molar-refractivity contribution >= 4 is 23.4 Å². The molecule has 1 aliphatic heterocycles. The molecule has 20 heavy (non-hydrogen) atoms. The molecule has 1 aromatic carbocycles. The van der Waals surface area contributed by atoms with Crippen molar-refractivity contribution in [1.29, 1.82) is 0 Å². The van der Waals surface area contributed by atoms with Crippen molar-refractivity contribution in [2.24, 2.45) is 0 Å². The minimum atomic E-state index is -0.103. The number of aryl methyl sites for hydroxylation is 1. The van der Waals surface area contributed by atoms with E-state index in [1.807, 2.05) is 38.2 Å². The number of alkyl halides is 1. The van der Waals surface area contributed by atoms with Crippen LogP contribution in [0.25, 0.3) is 0 Å². The fourth-order valence-corrected chi connectivity index (χ4v) is 3.38. The van der Waals surface area contributed by atoms with Crippen molar-refractivity contribution in [1.82, 2.24) is 9.97 Å². The molecule has 2 aromatic rings. The quantitative estimate of drug-likeness (QED) is 0.774. The van der Waals surface area contributed by atoms with Crippen molar-refractivity contribution in [2.45, 2.75) is 30.2 Å². The molecule has 5 heteroatoms. The third-order valence-electron chi connectivity index (χ3n) is 3.26. The van der Waals surface area contributed by atoms with E-state index >= 15 is 0 Å². The van der Waals surface area contributed by atoms with Gasteiger partial charge in [-0.05, 0) is 26.0 Å². The van der Waals surface area contributed by atoms with Gasteiger partial charge in [0.2, 0.25) is 0 Å². The molecule has 3 nitrogen and oxygen atoms in total. The zero-order valence-electron chi connectivity index (χ0n) is 11.3. The molecule has 0 amide bonds. The molecule has 0 fully saturated rings. The molecule has 1 aromatic heterocycles. The molecule has 0 radical (unpaired) electrons. The lowest BCUT2D eigenvalue weighted by molar-refractivity contribution is 0.210. The minimum Gasteiger partial charge on any atom is -0.480 e. The van der Waals surface area contributed by atoms with E-state index in [-0.39, 0.29) is 11.5 Å². The zero-order valence-corrected chi connectivity index (χ0v) is 12.9. The van der Waals surface area contributed by atoms with Crippen LogP contribution in [0.1, 0.15) is 35.5 Å². The maximum atomic E-state index is 6.10. The van der Waals surface area contributed by atoms with E-state index in [4.69, 9.17) is 16.3 Å². The highest BCUT2D eigenvalue weighted by Crippen LogP contribution is 2.39. The van der Waals surface area contributed by atoms with Gasteiger partial charge in [0.05, 0.1) is 5.38 Å².